The Bertz CT molecular complexity index is 439. The molecule has 0 saturated heterocycles. The second-order valence-corrected chi connectivity index (χ2v) is 4.10. The highest BCUT2D eigenvalue weighted by atomic mass is 16.5. The van der Waals surface area contributed by atoms with Crippen molar-refractivity contribution < 1.29 is 19.4 Å². The lowest BCUT2D eigenvalue weighted by Gasteiger charge is -2.17. The first-order chi connectivity index (χ1) is 9.67. The van der Waals surface area contributed by atoms with Gasteiger partial charge in [0.25, 0.3) is 0 Å². The van der Waals surface area contributed by atoms with Crippen LogP contribution in [0.4, 0.5) is 0 Å². The van der Waals surface area contributed by atoms with Crippen molar-refractivity contribution in [3.63, 3.8) is 0 Å². The number of hydrogen-bond acceptors (Lipinski definition) is 4. The van der Waals surface area contributed by atoms with Crippen molar-refractivity contribution >= 4 is 5.97 Å². The highest BCUT2D eigenvalue weighted by Crippen LogP contribution is 2.08. The van der Waals surface area contributed by atoms with E-state index in [2.05, 4.69) is 6.58 Å². The van der Waals surface area contributed by atoms with Crippen molar-refractivity contribution in [3.8, 4) is 0 Å². The molecular weight excluding hydrogens is 256 g/mol. The Kier molecular flexibility index (Phi) is 7.32. The van der Waals surface area contributed by atoms with Gasteiger partial charge < -0.3 is 14.6 Å². The number of benzene rings is 1. The van der Waals surface area contributed by atoms with Crippen LogP contribution in [0, 0.1) is 0 Å². The summed E-state index contributed by atoms with van der Waals surface area (Å²) < 4.78 is 10.4. The van der Waals surface area contributed by atoms with Gasteiger partial charge in [0.2, 0.25) is 0 Å². The van der Waals surface area contributed by atoms with E-state index in [0.29, 0.717) is 13.2 Å². The van der Waals surface area contributed by atoms with Gasteiger partial charge in [-0.15, -0.1) is 6.58 Å². The molecule has 1 N–H and O–H groups in total. The van der Waals surface area contributed by atoms with Crippen molar-refractivity contribution in [2.24, 2.45) is 0 Å². The van der Waals surface area contributed by atoms with E-state index in [4.69, 9.17) is 9.47 Å². The van der Waals surface area contributed by atoms with Crippen LogP contribution in [0.2, 0.25) is 0 Å². The second kappa shape index (κ2) is 9.07. The predicted octanol–water partition coefficient (Wildman–Crippen LogP) is 2.24. The Hall–Kier alpha value is -1.91. The normalized spacial score (nSPS) is 13.9. The maximum Gasteiger partial charge on any atom is 0.330 e. The van der Waals surface area contributed by atoms with Gasteiger partial charge in [0, 0.05) is 6.08 Å². The van der Waals surface area contributed by atoms with E-state index in [1.807, 2.05) is 30.3 Å². The van der Waals surface area contributed by atoms with E-state index >= 15 is 0 Å². The molecule has 0 amide bonds. The fraction of sp³-hybridized carbons (Fsp3) is 0.312. The lowest BCUT2D eigenvalue weighted by Crippen LogP contribution is -2.25. The highest BCUT2D eigenvalue weighted by molar-refractivity contribution is 5.81. The number of hydrogen-bond donors (Lipinski definition) is 1. The molecule has 0 aromatic heterocycles. The molecule has 0 heterocycles. The third kappa shape index (κ3) is 5.82. The van der Waals surface area contributed by atoms with Gasteiger partial charge in [-0.1, -0.05) is 36.4 Å². The summed E-state index contributed by atoms with van der Waals surface area (Å²) in [6.07, 6.45) is 2.58. The molecule has 0 bridgehead atoms. The summed E-state index contributed by atoms with van der Waals surface area (Å²) in [5.74, 6) is -0.461. The molecule has 0 spiro atoms. The quantitative estimate of drug-likeness (QED) is 0.449. The molecule has 1 aromatic rings. The third-order valence-electron chi connectivity index (χ3n) is 2.57. The molecule has 2 atom stereocenters. The summed E-state index contributed by atoms with van der Waals surface area (Å²) >= 11 is 0. The maximum atomic E-state index is 11.3. The molecule has 1 rings (SSSR count). The van der Waals surface area contributed by atoms with E-state index in [1.165, 1.54) is 18.2 Å². The van der Waals surface area contributed by atoms with Crippen molar-refractivity contribution in [2.75, 3.05) is 6.61 Å². The molecule has 0 saturated carbocycles. The smallest absolute Gasteiger partial charge is 0.330 e. The first-order valence-corrected chi connectivity index (χ1v) is 6.48. The topological polar surface area (TPSA) is 55.8 Å². The molecule has 0 unspecified atom stereocenters. The van der Waals surface area contributed by atoms with Crippen LogP contribution in [0.3, 0.4) is 0 Å². The SMILES string of the molecule is C=C[C@H](O)[C@H](/C=C\C(=O)OCC)OCc1ccccc1. The highest BCUT2D eigenvalue weighted by Gasteiger charge is 2.14. The van der Waals surface area contributed by atoms with E-state index in [1.54, 1.807) is 6.92 Å². The standard InChI is InChI=1S/C16H20O4/c1-3-14(17)15(10-11-16(18)19-4-2)20-12-13-8-6-5-7-9-13/h3,5-11,14-15,17H,1,4,12H2,2H3/b11-10-/t14-,15-/m0/s1. The van der Waals surface area contributed by atoms with Gasteiger partial charge in [0.05, 0.1) is 13.2 Å². The van der Waals surface area contributed by atoms with Crippen LogP contribution in [-0.4, -0.2) is 29.9 Å². The predicted molar refractivity (Wildman–Crippen MR) is 77.0 cm³/mol. The fourth-order valence-corrected chi connectivity index (χ4v) is 1.53. The average Bonchev–Trinajstić information content (AvgIpc) is 2.48. The van der Waals surface area contributed by atoms with E-state index in [0.717, 1.165) is 5.56 Å². The second-order valence-electron chi connectivity index (χ2n) is 4.10. The van der Waals surface area contributed by atoms with Crippen LogP contribution in [0.1, 0.15) is 12.5 Å². The Balaban J connectivity index is 2.60. The summed E-state index contributed by atoms with van der Waals surface area (Å²) in [5.41, 5.74) is 0.985. The summed E-state index contributed by atoms with van der Waals surface area (Å²) in [7, 11) is 0. The lowest BCUT2D eigenvalue weighted by molar-refractivity contribution is -0.137. The molecule has 108 valence electrons. The van der Waals surface area contributed by atoms with Crippen LogP contribution in [0.15, 0.2) is 55.1 Å². The Labute approximate surface area is 119 Å². The minimum absolute atomic E-state index is 0.308. The van der Waals surface area contributed by atoms with Crippen molar-refractivity contribution in [3.05, 3.63) is 60.7 Å². The molecule has 4 heteroatoms. The molecule has 0 fully saturated rings. The van der Waals surface area contributed by atoms with Crippen LogP contribution in [0.5, 0.6) is 0 Å². The number of esters is 1. The van der Waals surface area contributed by atoms with Gasteiger partial charge in [-0.25, -0.2) is 4.79 Å². The zero-order chi connectivity index (χ0) is 14.8. The number of ether oxygens (including phenoxy) is 2. The van der Waals surface area contributed by atoms with E-state index in [9.17, 15) is 9.90 Å². The van der Waals surface area contributed by atoms with Crippen LogP contribution in [0.25, 0.3) is 0 Å². The number of rotatable bonds is 8. The van der Waals surface area contributed by atoms with Crippen LogP contribution >= 0.6 is 0 Å². The van der Waals surface area contributed by atoms with Crippen molar-refractivity contribution in [1.82, 2.24) is 0 Å². The van der Waals surface area contributed by atoms with Gasteiger partial charge in [-0.2, -0.15) is 0 Å². The Morgan fingerprint density at radius 3 is 2.70 bits per heavy atom. The van der Waals surface area contributed by atoms with Gasteiger partial charge in [-0.05, 0) is 18.6 Å². The van der Waals surface area contributed by atoms with E-state index in [-0.39, 0.29) is 0 Å². The molecule has 1 aromatic carbocycles. The zero-order valence-corrected chi connectivity index (χ0v) is 11.6. The first kappa shape index (κ1) is 16.1. The maximum absolute atomic E-state index is 11.3. The zero-order valence-electron chi connectivity index (χ0n) is 11.6. The number of aliphatic hydroxyl groups is 1. The molecule has 0 aliphatic carbocycles. The molecule has 0 aliphatic rings. The van der Waals surface area contributed by atoms with Gasteiger partial charge in [0.15, 0.2) is 0 Å². The molecule has 20 heavy (non-hydrogen) atoms. The van der Waals surface area contributed by atoms with E-state index < -0.39 is 18.2 Å². The molecule has 0 aliphatic heterocycles. The summed E-state index contributed by atoms with van der Waals surface area (Å²) in [6.45, 7) is 5.89. The Morgan fingerprint density at radius 1 is 1.40 bits per heavy atom. The minimum atomic E-state index is -0.885. The monoisotopic (exact) mass is 276 g/mol. The first-order valence-electron chi connectivity index (χ1n) is 6.48. The third-order valence-corrected chi connectivity index (χ3v) is 2.57. The lowest BCUT2D eigenvalue weighted by atomic mass is 10.2. The molecule has 4 nitrogen and oxygen atoms in total. The molecular formula is C16H20O4. The molecule has 0 radical (unpaired) electrons. The Morgan fingerprint density at radius 2 is 2.10 bits per heavy atom. The number of carbonyl (C=O) groups excluding carboxylic acids is 1. The van der Waals surface area contributed by atoms with Crippen molar-refractivity contribution in [1.29, 1.82) is 0 Å². The number of aliphatic hydroxyl groups excluding tert-OH is 1. The largest absolute Gasteiger partial charge is 0.463 e. The summed E-state index contributed by atoms with van der Waals surface area (Å²) in [4.78, 5) is 11.3. The number of carbonyl (C=O) groups is 1. The minimum Gasteiger partial charge on any atom is -0.463 e. The van der Waals surface area contributed by atoms with Gasteiger partial charge in [-0.3, -0.25) is 0 Å². The van der Waals surface area contributed by atoms with Gasteiger partial charge in [0.1, 0.15) is 12.2 Å². The average molecular weight is 276 g/mol. The summed E-state index contributed by atoms with van der Waals surface area (Å²) in [5, 5.41) is 9.79. The summed E-state index contributed by atoms with van der Waals surface area (Å²) in [6, 6.07) is 9.58. The van der Waals surface area contributed by atoms with Crippen molar-refractivity contribution in [2.45, 2.75) is 25.7 Å². The van der Waals surface area contributed by atoms with Crippen LogP contribution in [-0.2, 0) is 20.9 Å². The fourth-order valence-electron chi connectivity index (χ4n) is 1.53. The van der Waals surface area contributed by atoms with Crippen LogP contribution < -0.4 is 0 Å². The van der Waals surface area contributed by atoms with Gasteiger partial charge >= 0.3 is 5.97 Å².